The fourth-order valence-corrected chi connectivity index (χ4v) is 2.41. The predicted octanol–water partition coefficient (Wildman–Crippen LogP) is 0.376. The molecule has 0 spiro atoms. The molecule has 2 fully saturated rings. The van der Waals surface area contributed by atoms with E-state index in [1.54, 1.807) is 0 Å². The van der Waals surface area contributed by atoms with Gasteiger partial charge in [0.2, 0.25) is 0 Å². The van der Waals surface area contributed by atoms with Crippen LogP contribution in [0.5, 0.6) is 0 Å². The first-order valence-corrected chi connectivity index (χ1v) is 5.99. The second kappa shape index (κ2) is 5.10. The van der Waals surface area contributed by atoms with Gasteiger partial charge >= 0.3 is 0 Å². The van der Waals surface area contributed by atoms with E-state index in [2.05, 4.69) is 22.2 Å². The summed E-state index contributed by atoms with van der Waals surface area (Å²) in [7, 11) is 2.22. The molecular weight excluding hydrogens is 174 g/mol. The van der Waals surface area contributed by atoms with Crippen molar-refractivity contribution in [2.24, 2.45) is 0 Å². The summed E-state index contributed by atoms with van der Waals surface area (Å²) in [4.78, 5) is 5.03. The Labute approximate surface area is 87.4 Å². The largest absolute Gasteiger partial charge is 0.314 e. The Morgan fingerprint density at radius 3 is 2.64 bits per heavy atom. The molecule has 0 saturated carbocycles. The molecule has 82 valence electrons. The van der Waals surface area contributed by atoms with Crippen LogP contribution < -0.4 is 5.32 Å². The van der Waals surface area contributed by atoms with Crippen LogP contribution in [0.3, 0.4) is 0 Å². The number of likely N-dealkylation sites (N-methyl/N-ethyl adjacent to an activating group) is 1. The Morgan fingerprint density at radius 1 is 1.21 bits per heavy atom. The Bertz CT molecular complexity index is 158. The van der Waals surface area contributed by atoms with Crippen LogP contribution >= 0.6 is 0 Å². The summed E-state index contributed by atoms with van der Waals surface area (Å²) in [6.07, 6.45) is 4.13. The Kier molecular flexibility index (Phi) is 3.79. The van der Waals surface area contributed by atoms with E-state index in [0.717, 1.165) is 6.04 Å². The lowest BCUT2D eigenvalue weighted by Crippen LogP contribution is -2.45. The van der Waals surface area contributed by atoms with Gasteiger partial charge in [-0.3, -0.25) is 0 Å². The fourth-order valence-electron chi connectivity index (χ4n) is 2.41. The van der Waals surface area contributed by atoms with E-state index in [9.17, 15) is 0 Å². The molecular formula is C11H23N3. The lowest BCUT2D eigenvalue weighted by molar-refractivity contribution is 0.149. The molecule has 3 heteroatoms. The zero-order valence-corrected chi connectivity index (χ0v) is 9.34. The molecule has 3 nitrogen and oxygen atoms in total. The molecule has 0 aromatic carbocycles. The number of nitrogens with zero attached hydrogens (tertiary/aromatic N) is 2. The Hall–Kier alpha value is -0.120. The highest BCUT2D eigenvalue weighted by atomic mass is 15.2. The first kappa shape index (κ1) is 10.4. The van der Waals surface area contributed by atoms with Crippen molar-refractivity contribution < 1.29 is 0 Å². The second-order valence-corrected chi connectivity index (χ2v) is 4.73. The van der Waals surface area contributed by atoms with Crippen LogP contribution in [0.25, 0.3) is 0 Å². The zero-order chi connectivity index (χ0) is 9.80. The number of piperazine rings is 1. The van der Waals surface area contributed by atoms with Gasteiger partial charge in [-0.25, -0.2) is 0 Å². The fraction of sp³-hybridized carbons (Fsp3) is 1.00. The van der Waals surface area contributed by atoms with E-state index in [-0.39, 0.29) is 0 Å². The van der Waals surface area contributed by atoms with Crippen molar-refractivity contribution in [3.05, 3.63) is 0 Å². The number of rotatable bonds is 3. The van der Waals surface area contributed by atoms with Crippen molar-refractivity contribution in [2.45, 2.75) is 25.3 Å². The van der Waals surface area contributed by atoms with Crippen LogP contribution in [0.1, 0.15) is 19.3 Å². The molecule has 14 heavy (non-hydrogen) atoms. The van der Waals surface area contributed by atoms with Gasteiger partial charge in [-0.05, 0) is 39.4 Å². The molecule has 2 heterocycles. The van der Waals surface area contributed by atoms with Crippen molar-refractivity contribution in [2.75, 3.05) is 46.3 Å². The second-order valence-electron chi connectivity index (χ2n) is 4.73. The van der Waals surface area contributed by atoms with Crippen molar-refractivity contribution in [3.8, 4) is 0 Å². The first-order chi connectivity index (χ1) is 6.84. The summed E-state index contributed by atoms with van der Waals surface area (Å²) in [6, 6.07) is 0.814. The minimum absolute atomic E-state index is 0.814. The summed E-state index contributed by atoms with van der Waals surface area (Å²) in [5.74, 6) is 0. The molecule has 0 radical (unpaired) electrons. The summed E-state index contributed by atoms with van der Waals surface area (Å²) in [5, 5.41) is 3.57. The number of hydrogen-bond acceptors (Lipinski definition) is 3. The molecule has 1 N–H and O–H groups in total. The number of nitrogens with one attached hydrogen (secondary N) is 1. The minimum Gasteiger partial charge on any atom is -0.314 e. The van der Waals surface area contributed by atoms with Gasteiger partial charge in [0.05, 0.1) is 0 Å². The summed E-state index contributed by atoms with van der Waals surface area (Å²) in [5.41, 5.74) is 0. The zero-order valence-electron chi connectivity index (χ0n) is 9.34. The van der Waals surface area contributed by atoms with Crippen LogP contribution in [0.2, 0.25) is 0 Å². The minimum atomic E-state index is 0.814. The highest BCUT2D eigenvalue weighted by molar-refractivity contribution is 4.77. The average molecular weight is 197 g/mol. The van der Waals surface area contributed by atoms with Gasteiger partial charge in [0.15, 0.2) is 0 Å². The maximum Gasteiger partial charge on any atom is 0.0110 e. The third kappa shape index (κ3) is 2.94. The first-order valence-electron chi connectivity index (χ1n) is 5.99. The molecule has 1 unspecified atom stereocenters. The van der Waals surface area contributed by atoms with Gasteiger partial charge in [-0.2, -0.15) is 0 Å². The van der Waals surface area contributed by atoms with Gasteiger partial charge < -0.3 is 15.1 Å². The standard InChI is InChI=1S/C11H23N3/c1-13-7-9-14(10-8-13)6-4-11-3-2-5-12-11/h11-12H,2-10H2,1H3. The maximum atomic E-state index is 3.57. The van der Waals surface area contributed by atoms with E-state index in [1.165, 1.54) is 58.5 Å². The molecule has 2 aliphatic heterocycles. The summed E-state index contributed by atoms with van der Waals surface area (Å²) >= 11 is 0. The topological polar surface area (TPSA) is 18.5 Å². The third-order valence-corrected chi connectivity index (χ3v) is 3.55. The van der Waals surface area contributed by atoms with Crippen molar-refractivity contribution in [1.82, 2.24) is 15.1 Å². The molecule has 0 aromatic rings. The third-order valence-electron chi connectivity index (χ3n) is 3.55. The van der Waals surface area contributed by atoms with Gasteiger partial charge in [-0.1, -0.05) is 0 Å². The molecule has 1 atom stereocenters. The normalized spacial score (nSPS) is 31.1. The van der Waals surface area contributed by atoms with E-state index >= 15 is 0 Å². The van der Waals surface area contributed by atoms with Gasteiger partial charge in [0, 0.05) is 32.2 Å². The predicted molar refractivity (Wildman–Crippen MR) is 59.6 cm³/mol. The van der Waals surface area contributed by atoms with E-state index in [1.807, 2.05) is 0 Å². The van der Waals surface area contributed by atoms with Crippen LogP contribution in [-0.4, -0.2) is 62.2 Å². The molecule has 2 saturated heterocycles. The monoisotopic (exact) mass is 197 g/mol. The van der Waals surface area contributed by atoms with Crippen LogP contribution in [0.15, 0.2) is 0 Å². The van der Waals surface area contributed by atoms with E-state index in [4.69, 9.17) is 0 Å². The summed E-state index contributed by atoms with van der Waals surface area (Å²) in [6.45, 7) is 7.57. The van der Waals surface area contributed by atoms with Crippen LogP contribution in [-0.2, 0) is 0 Å². The Morgan fingerprint density at radius 2 is 2.00 bits per heavy atom. The van der Waals surface area contributed by atoms with Gasteiger partial charge in [0.25, 0.3) is 0 Å². The quantitative estimate of drug-likeness (QED) is 0.705. The molecule has 0 aliphatic carbocycles. The van der Waals surface area contributed by atoms with Crippen molar-refractivity contribution in [3.63, 3.8) is 0 Å². The van der Waals surface area contributed by atoms with Crippen molar-refractivity contribution in [1.29, 1.82) is 0 Å². The molecule has 0 aromatic heterocycles. The maximum absolute atomic E-state index is 3.57. The SMILES string of the molecule is CN1CCN(CCC2CCCN2)CC1. The lowest BCUT2D eigenvalue weighted by atomic mass is 10.1. The van der Waals surface area contributed by atoms with Crippen LogP contribution in [0, 0.1) is 0 Å². The lowest BCUT2D eigenvalue weighted by Gasteiger charge is -2.32. The highest BCUT2D eigenvalue weighted by Crippen LogP contribution is 2.10. The molecule has 0 bridgehead atoms. The van der Waals surface area contributed by atoms with Gasteiger partial charge in [-0.15, -0.1) is 0 Å². The Balaban J connectivity index is 1.60. The van der Waals surface area contributed by atoms with E-state index in [0.29, 0.717) is 0 Å². The number of hydrogen-bond donors (Lipinski definition) is 1. The smallest absolute Gasteiger partial charge is 0.0110 e. The molecule has 2 rings (SSSR count). The molecule has 0 amide bonds. The van der Waals surface area contributed by atoms with E-state index < -0.39 is 0 Å². The highest BCUT2D eigenvalue weighted by Gasteiger charge is 2.17. The average Bonchev–Trinajstić information content (AvgIpc) is 2.70. The van der Waals surface area contributed by atoms with Crippen LogP contribution in [0.4, 0.5) is 0 Å². The van der Waals surface area contributed by atoms with Crippen molar-refractivity contribution >= 4 is 0 Å². The van der Waals surface area contributed by atoms with Gasteiger partial charge in [0.1, 0.15) is 0 Å². The molecule has 2 aliphatic rings. The summed E-state index contributed by atoms with van der Waals surface area (Å²) < 4.78 is 0.